The molecule has 1 fully saturated rings. The first-order valence-electron chi connectivity index (χ1n) is 5.85. The molecule has 2 N–H and O–H groups in total. The molecule has 1 saturated heterocycles. The van der Waals surface area contributed by atoms with E-state index in [1.807, 2.05) is 6.07 Å². The van der Waals surface area contributed by atoms with Gasteiger partial charge in [0, 0.05) is 12.6 Å². The van der Waals surface area contributed by atoms with Crippen molar-refractivity contribution in [2.24, 2.45) is 11.7 Å². The standard InChI is InChI=1S/C13H17FN2S/c1-8-6-9(2)16(7-8)11-5-3-4-10(14)12(11)13(15)17/h3-5,8-9H,6-7H2,1-2H3,(H2,15,17). The van der Waals surface area contributed by atoms with Crippen LogP contribution >= 0.6 is 12.2 Å². The van der Waals surface area contributed by atoms with Crippen LogP contribution in [0.15, 0.2) is 18.2 Å². The Balaban J connectivity index is 2.45. The average Bonchev–Trinajstić information content (AvgIpc) is 2.56. The van der Waals surface area contributed by atoms with Crippen LogP contribution < -0.4 is 10.6 Å². The predicted molar refractivity (Wildman–Crippen MR) is 72.9 cm³/mol. The highest BCUT2D eigenvalue weighted by Crippen LogP contribution is 2.32. The van der Waals surface area contributed by atoms with Crippen molar-refractivity contribution in [1.29, 1.82) is 0 Å². The molecular formula is C13H17FN2S. The lowest BCUT2D eigenvalue weighted by molar-refractivity contribution is 0.622. The Morgan fingerprint density at radius 3 is 2.71 bits per heavy atom. The van der Waals surface area contributed by atoms with Gasteiger partial charge in [-0.25, -0.2) is 4.39 Å². The Bertz CT molecular complexity index is 447. The summed E-state index contributed by atoms with van der Waals surface area (Å²) in [7, 11) is 0. The third-order valence-corrected chi connectivity index (χ3v) is 3.54. The summed E-state index contributed by atoms with van der Waals surface area (Å²) < 4.78 is 13.8. The van der Waals surface area contributed by atoms with Crippen LogP contribution in [0.4, 0.5) is 10.1 Å². The van der Waals surface area contributed by atoms with E-state index in [2.05, 4.69) is 18.7 Å². The lowest BCUT2D eigenvalue weighted by Gasteiger charge is -2.26. The van der Waals surface area contributed by atoms with Gasteiger partial charge in [-0.1, -0.05) is 25.2 Å². The van der Waals surface area contributed by atoms with Gasteiger partial charge in [-0.05, 0) is 31.4 Å². The van der Waals surface area contributed by atoms with E-state index in [9.17, 15) is 4.39 Å². The van der Waals surface area contributed by atoms with E-state index in [0.717, 1.165) is 18.7 Å². The van der Waals surface area contributed by atoms with Gasteiger partial charge in [-0.3, -0.25) is 0 Å². The minimum Gasteiger partial charge on any atom is -0.389 e. The summed E-state index contributed by atoms with van der Waals surface area (Å²) >= 11 is 4.95. The van der Waals surface area contributed by atoms with Crippen LogP contribution in [-0.4, -0.2) is 17.6 Å². The Labute approximate surface area is 107 Å². The highest BCUT2D eigenvalue weighted by Gasteiger charge is 2.28. The summed E-state index contributed by atoms with van der Waals surface area (Å²) in [5.74, 6) is 0.286. The van der Waals surface area contributed by atoms with Crippen LogP contribution in [0.1, 0.15) is 25.8 Å². The van der Waals surface area contributed by atoms with Gasteiger partial charge < -0.3 is 10.6 Å². The van der Waals surface area contributed by atoms with Gasteiger partial charge in [0.25, 0.3) is 0 Å². The Hall–Kier alpha value is -1.16. The molecular weight excluding hydrogens is 235 g/mol. The predicted octanol–water partition coefficient (Wildman–Crippen LogP) is 2.69. The zero-order valence-corrected chi connectivity index (χ0v) is 10.9. The largest absolute Gasteiger partial charge is 0.389 e. The van der Waals surface area contributed by atoms with Gasteiger partial charge >= 0.3 is 0 Å². The monoisotopic (exact) mass is 252 g/mol. The number of thiocarbonyl (C=S) groups is 1. The molecule has 17 heavy (non-hydrogen) atoms. The number of halogens is 1. The van der Waals surface area contributed by atoms with Crippen LogP contribution in [-0.2, 0) is 0 Å². The molecule has 1 aliphatic rings. The smallest absolute Gasteiger partial charge is 0.135 e. The third kappa shape index (κ3) is 2.27. The van der Waals surface area contributed by atoms with E-state index in [1.165, 1.54) is 6.07 Å². The first-order chi connectivity index (χ1) is 8.00. The Morgan fingerprint density at radius 1 is 1.47 bits per heavy atom. The number of benzene rings is 1. The van der Waals surface area contributed by atoms with E-state index < -0.39 is 0 Å². The molecule has 1 aromatic rings. The zero-order valence-electron chi connectivity index (χ0n) is 10.1. The van der Waals surface area contributed by atoms with Crippen molar-refractivity contribution in [2.75, 3.05) is 11.4 Å². The molecule has 0 bridgehead atoms. The van der Waals surface area contributed by atoms with Crippen LogP contribution in [0.5, 0.6) is 0 Å². The fraction of sp³-hybridized carbons (Fsp3) is 0.462. The van der Waals surface area contributed by atoms with E-state index in [-0.39, 0.29) is 10.8 Å². The number of nitrogens with two attached hydrogens (primary N) is 1. The number of rotatable bonds is 2. The SMILES string of the molecule is CC1CC(C)N(c2cccc(F)c2C(N)=S)C1. The van der Waals surface area contributed by atoms with Gasteiger partial charge in [0.15, 0.2) is 0 Å². The molecule has 0 spiro atoms. The Morgan fingerprint density at radius 2 is 2.18 bits per heavy atom. The van der Waals surface area contributed by atoms with E-state index in [4.69, 9.17) is 18.0 Å². The maximum Gasteiger partial charge on any atom is 0.135 e. The Kier molecular flexibility index (Phi) is 3.33. The number of hydrogen-bond acceptors (Lipinski definition) is 2. The molecule has 1 aliphatic heterocycles. The molecule has 2 nitrogen and oxygen atoms in total. The second kappa shape index (κ2) is 4.61. The summed E-state index contributed by atoms with van der Waals surface area (Å²) in [5.41, 5.74) is 6.83. The molecule has 2 rings (SSSR count). The second-order valence-corrected chi connectivity index (χ2v) is 5.28. The van der Waals surface area contributed by atoms with E-state index in [0.29, 0.717) is 17.5 Å². The van der Waals surface area contributed by atoms with Crippen LogP contribution in [0.2, 0.25) is 0 Å². The number of nitrogens with zero attached hydrogens (tertiary/aromatic N) is 1. The van der Waals surface area contributed by atoms with Crippen molar-refractivity contribution in [3.05, 3.63) is 29.6 Å². The van der Waals surface area contributed by atoms with Gasteiger partial charge in [0.05, 0.1) is 11.3 Å². The fourth-order valence-electron chi connectivity index (χ4n) is 2.63. The molecule has 0 radical (unpaired) electrons. The van der Waals surface area contributed by atoms with Crippen molar-refractivity contribution in [2.45, 2.75) is 26.3 Å². The van der Waals surface area contributed by atoms with Crippen LogP contribution in [0.3, 0.4) is 0 Å². The first kappa shape index (κ1) is 12.3. The van der Waals surface area contributed by atoms with Gasteiger partial charge in [0.1, 0.15) is 10.8 Å². The van der Waals surface area contributed by atoms with Crippen LogP contribution in [0.25, 0.3) is 0 Å². The van der Waals surface area contributed by atoms with E-state index in [1.54, 1.807) is 6.07 Å². The summed E-state index contributed by atoms with van der Waals surface area (Å²) in [4.78, 5) is 2.33. The topological polar surface area (TPSA) is 29.3 Å². The number of anilines is 1. The highest BCUT2D eigenvalue weighted by molar-refractivity contribution is 7.80. The lowest BCUT2D eigenvalue weighted by atomic mass is 10.1. The third-order valence-electron chi connectivity index (χ3n) is 3.33. The summed E-state index contributed by atoms with van der Waals surface area (Å²) in [5, 5.41) is 0. The maximum atomic E-state index is 13.8. The van der Waals surface area contributed by atoms with E-state index >= 15 is 0 Å². The summed E-state index contributed by atoms with van der Waals surface area (Å²) in [6, 6.07) is 5.41. The molecule has 0 aromatic heterocycles. The highest BCUT2D eigenvalue weighted by atomic mass is 32.1. The zero-order chi connectivity index (χ0) is 12.6. The van der Waals surface area contributed by atoms with Gasteiger partial charge in [-0.15, -0.1) is 0 Å². The molecule has 92 valence electrons. The molecule has 1 aromatic carbocycles. The molecule has 1 heterocycles. The molecule has 0 saturated carbocycles. The van der Waals surface area contributed by atoms with Gasteiger partial charge in [0.2, 0.25) is 0 Å². The van der Waals surface area contributed by atoms with Gasteiger partial charge in [-0.2, -0.15) is 0 Å². The average molecular weight is 252 g/mol. The molecule has 4 heteroatoms. The molecule has 0 aliphatic carbocycles. The first-order valence-corrected chi connectivity index (χ1v) is 6.26. The minimum absolute atomic E-state index is 0.129. The quantitative estimate of drug-likeness (QED) is 0.821. The lowest BCUT2D eigenvalue weighted by Crippen LogP contribution is -2.29. The molecule has 2 unspecified atom stereocenters. The minimum atomic E-state index is -0.332. The van der Waals surface area contributed by atoms with Crippen molar-refractivity contribution in [3.63, 3.8) is 0 Å². The van der Waals surface area contributed by atoms with Crippen LogP contribution in [0, 0.1) is 11.7 Å². The molecule has 2 atom stereocenters. The molecule has 0 amide bonds. The number of hydrogen-bond donors (Lipinski definition) is 1. The summed E-state index contributed by atoms with van der Waals surface area (Å²) in [6.45, 7) is 5.29. The normalized spacial score (nSPS) is 24.1. The summed E-state index contributed by atoms with van der Waals surface area (Å²) in [6.07, 6.45) is 1.12. The van der Waals surface area contributed by atoms with Crippen molar-refractivity contribution >= 4 is 22.9 Å². The fourth-order valence-corrected chi connectivity index (χ4v) is 2.83. The maximum absolute atomic E-state index is 13.8. The van der Waals surface area contributed by atoms with Crippen molar-refractivity contribution in [3.8, 4) is 0 Å². The second-order valence-electron chi connectivity index (χ2n) is 4.84. The van der Waals surface area contributed by atoms with Crippen molar-refractivity contribution < 1.29 is 4.39 Å². The van der Waals surface area contributed by atoms with Crippen molar-refractivity contribution in [1.82, 2.24) is 0 Å².